The molecule has 0 aliphatic carbocycles. The lowest BCUT2D eigenvalue weighted by Crippen LogP contribution is -2.14. The monoisotopic (exact) mass is 305 g/mol. The van der Waals surface area contributed by atoms with E-state index in [9.17, 15) is 13.2 Å². The molecule has 1 atom stereocenters. The van der Waals surface area contributed by atoms with Gasteiger partial charge < -0.3 is 10.2 Å². The van der Waals surface area contributed by atoms with Crippen LogP contribution in [0.1, 0.15) is 17.2 Å². The van der Waals surface area contributed by atoms with E-state index in [1.54, 1.807) is 0 Å². The summed E-state index contributed by atoms with van der Waals surface area (Å²) in [5.74, 6) is -4.06. The topological polar surface area (TPSA) is 39.2 Å². The first-order chi connectivity index (χ1) is 8.02. The first-order valence-corrected chi connectivity index (χ1v) is 5.43. The van der Waals surface area contributed by atoms with Crippen molar-refractivity contribution in [1.29, 1.82) is 0 Å². The highest BCUT2D eigenvalue weighted by Crippen LogP contribution is 2.30. The largest absolute Gasteiger partial charge is 0.457 e. The molecule has 90 valence electrons. The van der Waals surface area contributed by atoms with Gasteiger partial charge in [0.2, 0.25) is 0 Å². The lowest BCUT2D eigenvalue weighted by Gasteiger charge is -2.12. The third-order valence-electron chi connectivity index (χ3n) is 2.38. The van der Waals surface area contributed by atoms with Gasteiger partial charge in [-0.2, -0.15) is 0 Å². The maximum absolute atomic E-state index is 13.5. The van der Waals surface area contributed by atoms with E-state index in [-0.39, 0.29) is 5.56 Å². The van der Waals surface area contributed by atoms with E-state index in [2.05, 4.69) is 15.9 Å². The summed E-state index contributed by atoms with van der Waals surface area (Å²) in [6.45, 7) is 0. The fraction of sp³-hybridized carbons (Fsp3) is 0.0909. The number of hydrogen-bond acceptors (Lipinski definition) is 2. The molecule has 2 rings (SSSR count). The molecule has 0 spiro atoms. The standard InChI is InChI=1S/C11H7BrF3NO/c12-11-6(3-4-17-11)10(16)5-1-2-7(13)9(15)8(5)14/h1-4,10H,16H2. The molecule has 0 saturated heterocycles. The summed E-state index contributed by atoms with van der Waals surface area (Å²) in [5.41, 5.74) is 6.08. The zero-order valence-electron chi connectivity index (χ0n) is 8.38. The Hall–Kier alpha value is -1.27. The van der Waals surface area contributed by atoms with Gasteiger partial charge in [0.25, 0.3) is 0 Å². The third-order valence-corrected chi connectivity index (χ3v) is 3.03. The fourth-order valence-corrected chi connectivity index (χ4v) is 1.96. The van der Waals surface area contributed by atoms with Gasteiger partial charge >= 0.3 is 0 Å². The molecule has 0 aliphatic rings. The van der Waals surface area contributed by atoms with Crippen LogP contribution in [-0.4, -0.2) is 0 Å². The van der Waals surface area contributed by atoms with E-state index >= 15 is 0 Å². The van der Waals surface area contributed by atoms with Gasteiger partial charge in [0.15, 0.2) is 22.1 Å². The van der Waals surface area contributed by atoms with E-state index in [0.29, 0.717) is 10.2 Å². The maximum atomic E-state index is 13.5. The average molecular weight is 306 g/mol. The van der Waals surface area contributed by atoms with E-state index in [1.807, 2.05) is 0 Å². The third kappa shape index (κ3) is 2.10. The molecule has 0 fully saturated rings. The second-order valence-corrected chi connectivity index (χ2v) is 4.11. The molecule has 2 aromatic rings. The summed E-state index contributed by atoms with van der Waals surface area (Å²) in [4.78, 5) is 0. The van der Waals surface area contributed by atoms with Crippen molar-refractivity contribution in [3.63, 3.8) is 0 Å². The van der Waals surface area contributed by atoms with Crippen molar-refractivity contribution in [3.8, 4) is 0 Å². The summed E-state index contributed by atoms with van der Waals surface area (Å²) < 4.78 is 44.6. The SMILES string of the molecule is NC(c1ccoc1Br)c1ccc(F)c(F)c1F. The lowest BCUT2D eigenvalue weighted by atomic mass is 10.0. The zero-order chi connectivity index (χ0) is 12.6. The van der Waals surface area contributed by atoms with Crippen LogP contribution in [0.5, 0.6) is 0 Å². The van der Waals surface area contributed by atoms with Gasteiger partial charge in [-0.15, -0.1) is 0 Å². The fourth-order valence-electron chi connectivity index (χ4n) is 1.48. The number of nitrogens with two attached hydrogens (primary N) is 1. The van der Waals surface area contributed by atoms with Gasteiger partial charge in [0, 0.05) is 11.1 Å². The predicted molar refractivity (Wildman–Crippen MR) is 58.8 cm³/mol. The summed E-state index contributed by atoms with van der Waals surface area (Å²) in [6, 6.07) is 2.53. The van der Waals surface area contributed by atoms with Crippen molar-refractivity contribution >= 4 is 15.9 Å². The zero-order valence-corrected chi connectivity index (χ0v) is 9.97. The molecular weight excluding hydrogens is 299 g/mol. The smallest absolute Gasteiger partial charge is 0.194 e. The van der Waals surface area contributed by atoms with Crippen LogP contribution in [-0.2, 0) is 0 Å². The van der Waals surface area contributed by atoms with Crippen LogP contribution in [0.2, 0.25) is 0 Å². The Balaban J connectivity index is 2.48. The van der Waals surface area contributed by atoms with E-state index in [4.69, 9.17) is 10.2 Å². The van der Waals surface area contributed by atoms with Crippen molar-refractivity contribution in [1.82, 2.24) is 0 Å². The Morgan fingerprint density at radius 1 is 1.06 bits per heavy atom. The van der Waals surface area contributed by atoms with Crippen LogP contribution in [0.3, 0.4) is 0 Å². The summed E-state index contributed by atoms with van der Waals surface area (Å²) in [7, 11) is 0. The van der Waals surface area contributed by atoms with E-state index in [0.717, 1.165) is 12.1 Å². The van der Waals surface area contributed by atoms with Crippen LogP contribution in [0, 0.1) is 17.5 Å². The molecule has 1 heterocycles. The van der Waals surface area contributed by atoms with Gasteiger partial charge in [0.05, 0.1) is 12.3 Å². The first kappa shape index (κ1) is 12.2. The van der Waals surface area contributed by atoms with Crippen LogP contribution in [0.4, 0.5) is 13.2 Å². The minimum atomic E-state index is -1.53. The van der Waals surface area contributed by atoms with Crippen molar-refractivity contribution in [2.75, 3.05) is 0 Å². The highest BCUT2D eigenvalue weighted by molar-refractivity contribution is 9.10. The van der Waals surface area contributed by atoms with Gasteiger partial charge in [-0.25, -0.2) is 13.2 Å². The van der Waals surface area contributed by atoms with Crippen LogP contribution in [0.25, 0.3) is 0 Å². The molecule has 17 heavy (non-hydrogen) atoms. The van der Waals surface area contributed by atoms with Crippen molar-refractivity contribution < 1.29 is 17.6 Å². The van der Waals surface area contributed by atoms with Gasteiger partial charge in [-0.3, -0.25) is 0 Å². The average Bonchev–Trinajstić information content (AvgIpc) is 2.72. The molecule has 1 unspecified atom stereocenters. The minimum Gasteiger partial charge on any atom is -0.457 e. The first-order valence-electron chi connectivity index (χ1n) is 4.64. The highest BCUT2D eigenvalue weighted by Gasteiger charge is 2.21. The summed E-state index contributed by atoms with van der Waals surface area (Å²) in [6.07, 6.45) is 1.36. The van der Waals surface area contributed by atoms with Crippen molar-refractivity contribution in [2.24, 2.45) is 5.73 Å². The molecule has 1 aromatic carbocycles. The molecule has 1 aromatic heterocycles. The molecular formula is C11H7BrF3NO. The maximum Gasteiger partial charge on any atom is 0.194 e. The van der Waals surface area contributed by atoms with Gasteiger partial charge in [-0.1, -0.05) is 6.07 Å². The molecule has 0 radical (unpaired) electrons. The molecule has 0 amide bonds. The number of halogens is 4. The summed E-state index contributed by atoms with van der Waals surface area (Å²) >= 11 is 3.08. The molecule has 0 saturated carbocycles. The van der Waals surface area contributed by atoms with Crippen molar-refractivity contribution in [2.45, 2.75) is 6.04 Å². The lowest BCUT2D eigenvalue weighted by molar-refractivity contribution is 0.438. The van der Waals surface area contributed by atoms with Crippen LogP contribution >= 0.6 is 15.9 Å². The Labute approximate surface area is 103 Å². The Morgan fingerprint density at radius 3 is 2.35 bits per heavy atom. The van der Waals surface area contributed by atoms with E-state index < -0.39 is 23.5 Å². The Morgan fingerprint density at radius 2 is 1.76 bits per heavy atom. The number of hydrogen-bond donors (Lipinski definition) is 1. The second kappa shape index (κ2) is 4.54. The number of rotatable bonds is 2. The second-order valence-electron chi connectivity index (χ2n) is 3.39. The van der Waals surface area contributed by atoms with Crippen LogP contribution in [0.15, 0.2) is 33.5 Å². The normalized spacial score (nSPS) is 12.8. The van der Waals surface area contributed by atoms with Crippen molar-refractivity contribution in [3.05, 3.63) is 57.7 Å². The van der Waals surface area contributed by atoms with Gasteiger partial charge in [-0.05, 0) is 28.1 Å². The summed E-state index contributed by atoms with van der Waals surface area (Å²) in [5, 5.41) is 0. The molecule has 0 bridgehead atoms. The van der Waals surface area contributed by atoms with E-state index in [1.165, 1.54) is 12.3 Å². The molecule has 0 aliphatic heterocycles. The predicted octanol–water partition coefficient (Wildman–Crippen LogP) is 3.51. The van der Waals surface area contributed by atoms with Crippen LogP contribution < -0.4 is 5.73 Å². The molecule has 2 nitrogen and oxygen atoms in total. The Bertz CT molecular complexity index is 556. The minimum absolute atomic E-state index is 0.133. The number of benzene rings is 1. The van der Waals surface area contributed by atoms with Gasteiger partial charge in [0.1, 0.15) is 0 Å². The quantitative estimate of drug-likeness (QED) is 0.862. The molecule has 2 N–H and O–H groups in total. The molecule has 6 heteroatoms. The Kier molecular flexibility index (Phi) is 3.26. The number of furan rings is 1. The highest BCUT2D eigenvalue weighted by atomic mass is 79.9.